The van der Waals surface area contributed by atoms with Gasteiger partial charge < -0.3 is 20.6 Å². The first kappa shape index (κ1) is 12.3. The molecule has 5 nitrogen and oxygen atoms in total. The molecule has 4 N–H and O–H groups in total. The predicted molar refractivity (Wildman–Crippen MR) is 77.7 cm³/mol. The molecule has 1 atom stereocenters. The molecule has 1 aliphatic heterocycles. The van der Waals surface area contributed by atoms with Gasteiger partial charge in [0.15, 0.2) is 0 Å². The summed E-state index contributed by atoms with van der Waals surface area (Å²) < 4.78 is 0. The van der Waals surface area contributed by atoms with Crippen molar-refractivity contribution >= 4 is 16.7 Å². The van der Waals surface area contributed by atoms with Crippen LogP contribution in [0.2, 0.25) is 0 Å². The number of H-pyrrole nitrogens is 2. The summed E-state index contributed by atoms with van der Waals surface area (Å²) in [6.45, 7) is 2.11. The summed E-state index contributed by atoms with van der Waals surface area (Å²) in [5.41, 5.74) is 2.60. The molecule has 0 spiro atoms. The Morgan fingerprint density at radius 1 is 1.21 bits per heavy atom. The van der Waals surface area contributed by atoms with Crippen LogP contribution in [0.3, 0.4) is 0 Å². The zero-order chi connectivity index (χ0) is 13.1. The van der Waals surface area contributed by atoms with Crippen molar-refractivity contribution in [3.63, 3.8) is 0 Å². The van der Waals surface area contributed by atoms with Gasteiger partial charge in [-0.25, -0.2) is 4.79 Å². The molecule has 0 aliphatic carbocycles. The minimum Gasteiger partial charge on any atom is -0.385 e. The molecule has 1 aliphatic rings. The van der Waals surface area contributed by atoms with E-state index in [1.807, 2.05) is 18.2 Å². The number of nitrogens with one attached hydrogen (secondary N) is 4. The third-order valence-electron chi connectivity index (χ3n) is 3.75. The molecule has 1 fully saturated rings. The topological polar surface area (TPSA) is 72.7 Å². The lowest BCUT2D eigenvalue weighted by atomic mass is 10.0. The molecule has 2 aromatic rings. The molecule has 102 valence electrons. The number of imidazole rings is 1. The fourth-order valence-electron chi connectivity index (χ4n) is 2.70. The summed E-state index contributed by atoms with van der Waals surface area (Å²) in [6.07, 6.45) is 5.07. The van der Waals surface area contributed by atoms with E-state index in [1.165, 1.54) is 19.3 Å². The van der Waals surface area contributed by atoms with Crippen molar-refractivity contribution in [1.29, 1.82) is 0 Å². The maximum absolute atomic E-state index is 11.2. The monoisotopic (exact) mass is 260 g/mol. The maximum atomic E-state index is 11.2. The first-order chi connectivity index (χ1) is 9.31. The molecule has 19 heavy (non-hydrogen) atoms. The minimum atomic E-state index is -0.154. The molecule has 1 aromatic carbocycles. The standard InChI is InChI=1S/C14H20N4O/c19-14-17-12-5-4-11(9-13(12)18-14)16-8-6-10-3-1-2-7-15-10/h4-5,9-10,15-16H,1-3,6-8H2,(H2,17,18,19). The molecule has 5 heteroatoms. The van der Waals surface area contributed by atoms with Crippen LogP contribution in [0.1, 0.15) is 25.7 Å². The van der Waals surface area contributed by atoms with Crippen molar-refractivity contribution in [3.05, 3.63) is 28.7 Å². The summed E-state index contributed by atoms with van der Waals surface area (Å²) in [7, 11) is 0. The van der Waals surface area contributed by atoms with Gasteiger partial charge >= 0.3 is 5.69 Å². The van der Waals surface area contributed by atoms with Crippen molar-refractivity contribution < 1.29 is 0 Å². The highest BCUT2D eigenvalue weighted by molar-refractivity contribution is 5.78. The Balaban J connectivity index is 1.57. The second-order valence-corrected chi connectivity index (χ2v) is 5.20. The highest BCUT2D eigenvalue weighted by atomic mass is 16.1. The van der Waals surface area contributed by atoms with Gasteiger partial charge in [0.2, 0.25) is 0 Å². The summed E-state index contributed by atoms with van der Waals surface area (Å²) in [5.74, 6) is 0. The van der Waals surface area contributed by atoms with Gasteiger partial charge in [-0.05, 0) is 44.0 Å². The first-order valence-corrected chi connectivity index (χ1v) is 7.00. The zero-order valence-corrected chi connectivity index (χ0v) is 11.0. The molecule has 2 heterocycles. The lowest BCUT2D eigenvalue weighted by molar-refractivity contribution is 0.389. The normalized spacial score (nSPS) is 19.7. The van der Waals surface area contributed by atoms with E-state index in [4.69, 9.17) is 0 Å². The number of hydrogen-bond acceptors (Lipinski definition) is 3. The fraction of sp³-hybridized carbons (Fsp3) is 0.500. The Morgan fingerprint density at radius 2 is 2.11 bits per heavy atom. The Labute approximate surface area is 111 Å². The number of rotatable bonds is 4. The molecular formula is C14H20N4O. The summed E-state index contributed by atoms with van der Waals surface area (Å²) in [5, 5.41) is 6.96. The molecule has 3 rings (SSSR count). The molecular weight excluding hydrogens is 240 g/mol. The van der Waals surface area contributed by atoms with Crippen LogP contribution in [-0.4, -0.2) is 29.1 Å². The van der Waals surface area contributed by atoms with Crippen molar-refractivity contribution in [2.45, 2.75) is 31.7 Å². The van der Waals surface area contributed by atoms with E-state index in [9.17, 15) is 4.79 Å². The van der Waals surface area contributed by atoms with E-state index >= 15 is 0 Å². The predicted octanol–water partition coefficient (Wildman–Crippen LogP) is 1.80. The van der Waals surface area contributed by atoms with E-state index in [0.717, 1.165) is 36.2 Å². The Bertz CT molecular complexity index is 595. The number of piperidine rings is 1. The van der Waals surface area contributed by atoms with Gasteiger partial charge in [0, 0.05) is 18.3 Å². The Morgan fingerprint density at radius 3 is 2.95 bits per heavy atom. The van der Waals surface area contributed by atoms with Crippen LogP contribution in [0.15, 0.2) is 23.0 Å². The Hall–Kier alpha value is -1.75. The van der Waals surface area contributed by atoms with Crippen LogP contribution in [0.4, 0.5) is 5.69 Å². The number of hydrogen-bond donors (Lipinski definition) is 4. The van der Waals surface area contributed by atoms with Crippen LogP contribution >= 0.6 is 0 Å². The summed E-state index contributed by atoms with van der Waals surface area (Å²) in [4.78, 5) is 16.7. The highest BCUT2D eigenvalue weighted by Crippen LogP contribution is 2.15. The van der Waals surface area contributed by atoms with E-state index in [2.05, 4.69) is 20.6 Å². The number of benzene rings is 1. The maximum Gasteiger partial charge on any atom is 0.323 e. The van der Waals surface area contributed by atoms with Gasteiger partial charge in [-0.2, -0.15) is 0 Å². The van der Waals surface area contributed by atoms with Crippen molar-refractivity contribution in [2.24, 2.45) is 0 Å². The van der Waals surface area contributed by atoms with E-state index in [1.54, 1.807) is 0 Å². The number of aromatic amines is 2. The minimum absolute atomic E-state index is 0.154. The zero-order valence-electron chi connectivity index (χ0n) is 11.0. The second-order valence-electron chi connectivity index (χ2n) is 5.20. The Kier molecular flexibility index (Phi) is 3.55. The van der Waals surface area contributed by atoms with Crippen LogP contribution in [0, 0.1) is 0 Å². The van der Waals surface area contributed by atoms with Gasteiger partial charge in [0.25, 0.3) is 0 Å². The van der Waals surface area contributed by atoms with E-state index in [0.29, 0.717) is 6.04 Å². The van der Waals surface area contributed by atoms with Gasteiger partial charge in [0.1, 0.15) is 0 Å². The van der Waals surface area contributed by atoms with Gasteiger partial charge in [-0.15, -0.1) is 0 Å². The lowest BCUT2D eigenvalue weighted by Gasteiger charge is -2.23. The van der Waals surface area contributed by atoms with E-state index < -0.39 is 0 Å². The van der Waals surface area contributed by atoms with E-state index in [-0.39, 0.29) is 5.69 Å². The first-order valence-electron chi connectivity index (χ1n) is 7.00. The van der Waals surface area contributed by atoms with Crippen LogP contribution in [0.5, 0.6) is 0 Å². The molecule has 0 radical (unpaired) electrons. The quantitative estimate of drug-likeness (QED) is 0.677. The fourth-order valence-corrected chi connectivity index (χ4v) is 2.70. The van der Waals surface area contributed by atoms with Gasteiger partial charge in [0.05, 0.1) is 11.0 Å². The molecule has 1 aromatic heterocycles. The highest BCUT2D eigenvalue weighted by Gasteiger charge is 2.11. The third kappa shape index (κ3) is 2.98. The third-order valence-corrected chi connectivity index (χ3v) is 3.75. The van der Waals surface area contributed by atoms with Crippen molar-refractivity contribution in [1.82, 2.24) is 15.3 Å². The summed E-state index contributed by atoms with van der Waals surface area (Å²) in [6, 6.07) is 6.55. The van der Waals surface area contributed by atoms with Crippen LogP contribution in [-0.2, 0) is 0 Å². The van der Waals surface area contributed by atoms with Crippen LogP contribution in [0.25, 0.3) is 11.0 Å². The number of anilines is 1. The summed E-state index contributed by atoms with van der Waals surface area (Å²) >= 11 is 0. The van der Waals surface area contributed by atoms with Crippen molar-refractivity contribution in [3.8, 4) is 0 Å². The average Bonchev–Trinajstić information content (AvgIpc) is 2.79. The number of fused-ring (bicyclic) bond motifs is 1. The largest absolute Gasteiger partial charge is 0.385 e. The van der Waals surface area contributed by atoms with Gasteiger partial charge in [-0.3, -0.25) is 0 Å². The van der Waals surface area contributed by atoms with Crippen LogP contribution < -0.4 is 16.3 Å². The van der Waals surface area contributed by atoms with Gasteiger partial charge in [-0.1, -0.05) is 6.42 Å². The smallest absolute Gasteiger partial charge is 0.323 e. The molecule has 0 amide bonds. The molecule has 0 bridgehead atoms. The number of aromatic nitrogens is 2. The average molecular weight is 260 g/mol. The molecule has 1 unspecified atom stereocenters. The SMILES string of the molecule is O=c1[nH]c2ccc(NCCC3CCCCN3)cc2[nH]1. The molecule has 0 saturated carbocycles. The molecule has 1 saturated heterocycles. The second kappa shape index (κ2) is 5.48. The van der Waals surface area contributed by atoms with Crippen molar-refractivity contribution in [2.75, 3.05) is 18.4 Å². The lowest BCUT2D eigenvalue weighted by Crippen LogP contribution is -2.35.